The fraction of sp³-hybridized carbons (Fsp3) is 0.208. The van der Waals surface area contributed by atoms with E-state index in [1.54, 1.807) is 12.5 Å². The SMILES string of the molecule is CN1CCN(c2ccc(-c3ncnc4ccc(-c5ccnc(N)c5)cc34)cc2)CC1. The van der Waals surface area contributed by atoms with Crippen molar-refractivity contribution in [3.05, 3.63) is 67.1 Å². The molecule has 2 N–H and O–H groups in total. The van der Waals surface area contributed by atoms with Crippen LogP contribution >= 0.6 is 0 Å². The first-order chi connectivity index (χ1) is 14.7. The lowest BCUT2D eigenvalue weighted by Gasteiger charge is -2.34. The number of hydrogen-bond acceptors (Lipinski definition) is 6. The summed E-state index contributed by atoms with van der Waals surface area (Å²) in [5, 5.41) is 1.03. The first-order valence-electron chi connectivity index (χ1n) is 10.2. The quantitative estimate of drug-likeness (QED) is 0.569. The molecule has 0 aliphatic carbocycles. The molecule has 0 atom stereocenters. The molecule has 6 heteroatoms. The second-order valence-corrected chi connectivity index (χ2v) is 7.76. The topological polar surface area (TPSA) is 71.2 Å². The third-order valence-corrected chi connectivity index (χ3v) is 5.76. The van der Waals surface area contributed by atoms with Crippen LogP contribution in [0.1, 0.15) is 0 Å². The number of nitrogens with zero attached hydrogens (tertiary/aromatic N) is 5. The van der Waals surface area contributed by atoms with Gasteiger partial charge >= 0.3 is 0 Å². The second kappa shape index (κ2) is 7.72. The third kappa shape index (κ3) is 3.57. The summed E-state index contributed by atoms with van der Waals surface area (Å²) in [7, 11) is 2.18. The fourth-order valence-electron chi connectivity index (χ4n) is 3.99. The van der Waals surface area contributed by atoms with E-state index in [2.05, 4.69) is 68.2 Å². The minimum atomic E-state index is 0.511. The highest BCUT2D eigenvalue weighted by Crippen LogP contribution is 2.31. The Hall–Kier alpha value is -3.51. The van der Waals surface area contributed by atoms with E-state index >= 15 is 0 Å². The van der Waals surface area contributed by atoms with Gasteiger partial charge in [0.05, 0.1) is 11.2 Å². The number of likely N-dealkylation sites (N-methyl/N-ethyl adjacent to an activating group) is 1. The van der Waals surface area contributed by atoms with Gasteiger partial charge in [-0.15, -0.1) is 0 Å². The largest absolute Gasteiger partial charge is 0.384 e. The number of benzene rings is 2. The average molecular weight is 396 g/mol. The van der Waals surface area contributed by atoms with Gasteiger partial charge in [0.1, 0.15) is 12.1 Å². The van der Waals surface area contributed by atoms with Crippen molar-refractivity contribution in [1.82, 2.24) is 19.9 Å². The van der Waals surface area contributed by atoms with Crippen LogP contribution < -0.4 is 10.6 Å². The molecule has 1 aliphatic heterocycles. The number of fused-ring (bicyclic) bond motifs is 1. The first kappa shape index (κ1) is 18.5. The summed E-state index contributed by atoms with van der Waals surface area (Å²) in [6.45, 7) is 4.32. The van der Waals surface area contributed by atoms with E-state index in [1.165, 1.54) is 5.69 Å². The molecule has 0 saturated carbocycles. The maximum absolute atomic E-state index is 5.87. The van der Waals surface area contributed by atoms with Gasteiger partial charge in [-0.2, -0.15) is 0 Å². The molecular weight excluding hydrogens is 372 g/mol. The van der Waals surface area contributed by atoms with Crippen LogP contribution in [0.5, 0.6) is 0 Å². The summed E-state index contributed by atoms with van der Waals surface area (Å²) in [5.41, 5.74) is 12.2. The minimum absolute atomic E-state index is 0.511. The van der Waals surface area contributed by atoms with Crippen molar-refractivity contribution in [2.75, 3.05) is 43.9 Å². The molecule has 6 nitrogen and oxygen atoms in total. The van der Waals surface area contributed by atoms with Gasteiger partial charge in [0.2, 0.25) is 0 Å². The van der Waals surface area contributed by atoms with E-state index in [0.29, 0.717) is 5.82 Å². The van der Waals surface area contributed by atoms with Crippen LogP contribution in [-0.4, -0.2) is 53.1 Å². The molecule has 3 heterocycles. The molecule has 150 valence electrons. The maximum atomic E-state index is 5.87. The number of hydrogen-bond donors (Lipinski definition) is 1. The summed E-state index contributed by atoms with van der Waals surface area (Å²) in [4.78, 5) is 18.0. The van der Waals surface area contributed by atoms with Crippen LogP contribution in [0.25, 0.3) is 33.3 Å². The van der Waals surface area contributed by atoms with Crippen molar-refractivity contribution in [1.29, 1.82) is 0 Å². The highest BCUT2D eigenvalue weighted by molar-refractivity contribution is 5.95. The molecule has 0 unspecified atom stereocenters. The lowest BCUT2D eigenvalue weighted by atomic mass is 10.0. The number of nitrogen functional groups attached to an aromatic ring is 1. The van der Waals surface area contributed by atoms with Crippen LogP contribution in [0.2, 0.25) is 0 Å². The Morgan fingerprint density at radius 1 is 0.767 bits per heavy atom. The number of pyridine rings is 1. The molecule has 1 aliphatic rings. The fourth-order valence-corrected chi connectivity index (χ4v) is 3.99. The van der Waals surface area contributed by atoms with Gasteiger partial charge in [0.25, 0.3) is 0 Å². The van der Waals surface area contributed by atoms with Crippen LogP contribution in [0.3, 0.4) is 0 Å². The zero-order valence-electron chi connectivity index (χ0n) is 17.0. The van der Waals surface area contributed by atoms with Crippen molar-refractivity contribution in [2.24, 2.45) is 0 Å². The molecule has 0 spiro atoms. The molecule has 4 aromatic rings. The molecule has 0 amide bonds. The van der Waals surface area contributed by atoms with Crippen molar-refractivity contribution in [3.63, 3.8) is 0 Å². The Labute approximate surface area is 176 Å². The van der Waals surface area contributed by atoms with E-state index in [-0.39, 0.29) is 0 Å². The van der Waals surface area contributed by atoms with Gasteiger partial charge in [-0.25, -0.2) is 15.0 Å². The van der Waals surface area contributed by atoms with Gasteiger partial charge < -0.3 is 15.5 Å². The predicted molar refractivity (Wildman–Crippen MR) is 122 cm³/mol. The van der Waals surface area contributed by atoms with Gasteiger partial charge in [-0.1, -0.05) is 18.2 Å². The summed E-state index contributed by atoms with van der Waals surface area (Å²) in [5.74, 6) is 0.511. The number of aromatic nitrogens is 3. The number of anilines is 2. The van der Waals surface area contributed by atoms with Crippen molar-refractivity contribution >= 4 is 22.4 Å². The number of nitrogens with two attached hydrogens (primary N) is 1. The van der Waals surface area contributed by atoms with Crippen LogP contribution in [0.4, 0.5) is 11.5 Å². The highest BCUT2D eigenvalue weighted by atomic mass is 15.2. The Morgan fingerprint density at radius 3 is 2.27 bits per heavy atom. The summed E-state index contributed by atoms with van der Waals surface area (Å²) in [6.07, 6.45) is 3.37. The van der Waals surface area contributed by atoms with Crippen LogP contribution in [0, 0.1) is 0 Å². The smallest absolute Gasteiger partial charge is 0.123 e. The molecule has 30 heavy (non-hydrogen) atoms. The lowest BCUT2D eigenvalue weighted by molar-refractivity contribution is 0.313. The Bertz CT molecular complexity index is 1180. The van der Waals surface area contributed by atoms with Gasteiger partial charge in [-0.05, 0) is 54.6 Å². The summed E-state index contributed by atoms with van der Waals surface area (Å²) in [6, 6.07) is 18.8. The molecule has 2 aromatic heterocycles. The average Bonchev–Trinajstić information content (AvgIpc) is 2.79. The molecule has 0 radical (unpaired) electrons. The second-order valence-electron chi connectivity index (χ2n) is 7.76. The van der Waals surface area contributed by atoms with Gasteiger partial charge in [0.15, 0.2) is 0 Å². The number of piperazine rings is 1. The first-order valence-corrected chi connectivity index (χ1v) is 10.2. The maximum Gasteiger partial charge on any atom is 0.123 e. The molecule has 2 aromatic carbocycles. The molecule has 1 saturated heterocycles. The summed E-state index contributed by atoms with van der Waals surface area (Å²) < 4.78 is 0. The van der Waals surface area contributed by atoms with Crippen molar-refractivity contribution in [3.8, 4) is 22.4 Å². The van der Waals surface area contributed by atoms with E-state index in [9.17, 15) is 0 Å². The van der Waals surface area contributed by atoms with Crippen molar-refractivity contribution < 1.29 is 0 Å². The Balaban J connectivity index is 1.51. The monoisotopic (exact) mass is 396 g/mol. The standard InChI is InChI=1S/C24H24N6/c1-29-10-12-30(13-11-29)20-5-2-17(3-6-20)24-21-14-18(4-7-22(21)27-16-28-24)19-8-9-26-23(25)15-19/h2-9,14-16H,10-13H2,1H3,(H2,25,26). The predicted octanol–water partition coefficient (Wildman–Crippen LogP) is 3.69. The Kier molecular flexibility index (Phi) is 4.77. The van der Waals surface area contributed by atoms with E-state index in [0.717, 1.165) is 59.5 Å². The van der Waals surface area contributed by atoms with Gasteiger partial charge in [-0.3, -0.25) is 0 Å². The van der Waals surface area contributed by atoms with Crippen LogP contribution in [-0.2, 0) is 0 Å². The van der Waals surface area contributed by atoms with Crippen LogP contribution in [0.15, 0.2) is 67.1 Å². The Morgan fingerprint density at radius 2 is 1.50 bits per heavy atom. The van der Waals surface area contributed by atoms with E-state index in [1.807, 2.05) is 18.2 Å². The molecule has 1 fully saturated rings. The van der Waals surface area contributed by atoms with Gasteiger partial charge in [0, 0.05) is 49.0 Å². The van der Waals surface area contributed by atoms with E-state index in [4.69, 9.17) is 5.73 Å². The lowest BCUT2D eigenvalue weighted by Crippen LogP contribution is -2.44. The third-order valence-electron chi connectivity index (χ3n) is 5.76. The van der Waals surface area contributed by atoms with Crippen molar-refractivity contribution in [2.45, 2.75) is 0 Å². The normalized spacial score (nSPS) is 14.9. The summed E-state index contributed by atoms with van der Waals surface area (Å²) >= 11 is 0. The molecule has 0 bridgehead atoms. The zero-order chi connectivity index (χ0) is 20.5. The van der Waals surface area contributed by atoms with E-state index < -0.39 is 0 Å². The highest BCUT2D eigenvalue weighted by Gasteiger charge is 2.15. The number of rotatable bonds is 3. The molecule has 5 rings (SSSR count). The minimum Gasteiger partial charge on any atom is -0.384 e. The molecular formula is C24H24N6. The zero-order valence-corrected chi connectivity index (χ0v) is 17.0.